The third-order valence-electron chi connectivity index (χ3n) is 3.21. The normalized spacial score (nSPS) is 10.8. The summed E-state index contributed by atoms with van der Waals surface area (Å²) in [6.07, 6.45) is 1.79. The maximum atomic E-state index is 13.0. The molecule has 0 saturated carbocycles. The van der Waals surface area contributed by atoms with E-state index in [4.69, 9.17) is 4.42 Å². The van der Waals surface area contributed by atoms with Crippen molar-refractivity contribution in [3.05, 3.63) is 53.7 Å². The molecule has 0 aliphatic carbocycles. The van der Waals surface area contributed by atoms with Crippen molar-refractivity contribution in [2.45, 2.75) is 26.9 Å². The highest BCUT2D eigenvalue weighted by Crippen LogP contribution is 2.18. The zero-order valence-electron chi connectivity index (χ0n) is 12.0. The van der Waals surface area contributed by atoms with Gasteiger partial charge in [-0.05, 0) is 43.8 Å². The molecule has 0 unspecified atom stereocenters. The molecule has 0 aliphatic heterocycles. The van der Waals surface area contributed by atoms with E-state index in [1.807, 2.05) is 0 Å². The number of nitrogens with zero attached hydrogens (tertiary/aromatic N) is 1. The minimum absolute atomic E-state index is 0.212. The zero-order valence-corrected chi connectivity index (χ0v) is 12.0. The average molecular weight is 276 g/mol. The van der Waals surface area contributed by atoms with Crippen LogP contribution in [0.4, 0.5) is 10.1 Å². The van der Waals surface area contributed by atoms with Gasteiger partial charge in [0, 0.05) is 24.3 Å². The third-order valence-corrected chi connectivity index (χ3v) is 3.21. The number of anilines is 1. The van der Waals surface area contributed by atoms with Crippen LogP contribution >= 0.6 is 0 Å². The summed E-state index contributed by atoms with van der Waals surface area (Å²) in [5.74, 6) is 0.708. The monoisotopic (exact) mass is 276 g/mol. The topological polar surface area (TPSA) is 28.4 Å². The van der Waals surface area contributed by atoms with Crippen molar-refractivity contribution in [3.8, 4) is 0 Å². The Morgan fingerprint density at radius 1 is 1.20 bits per heavy atom. The van der Waals surface area contributed by atoms with Crippen LogP contribution in [-0.2, 0) is 13.1 Å². The largest absolute Gasteiger partial charge is 0.467 e. The molecule has 0 saturated heterocycles. The van der Waals surface area contributed by atoms with Gasteiger partial charge in [0.25, 0.3) is 0 Å². The second-order valence-corrected chi connectivity index (χ2v) is 4.69. The Morgan fingerprint density at radius 3 is 2.60 bits per heavy atom. The Balaban J connectivity index is 2.02. The van der Waals surface area contributed by atoms with E-state index in [2.05, 4.69) is 30.1 Å². The standard InChI is InChI=1S/C16H21FN2O/c1-3-18-10-13-9-16(20-12-13)11-19(4-2)15-7-5-14(17)6-8-15/h5-9,12,18H,3-4,10-11H2,1-2H3. The molecule has 108 valence electrons. The first-order chi connectivity index (χ1) is 9.72. The van der Waals surface area contributed by atoms with E-state index in [0.717, 1.165) is 36.6 Å². The third kappa shape index (κ3) is 3.84. The first-order valence-corrected chi connectivity index (χ1v) is 7.00. The smallest absolute Gasteiger partial charge is 0.123 e. The highest BCUT2D eigenvalue weighted by Gasteiger charge is 2.09. The van der Waals surface area contributed by atoms with E-state index in [-0.39, 0.29) is 5.82 Å². The molecule has 0 amide bonds. The van der Waals surface area contributed by atoms with Gasteiger partial charge in [-0.3, -0.25) is 0 Å². The van der Waals surface area contributed by atoms with E-state index in [9.17, 15) is 4.39 Å². The minimum atomic E-state index is -0.212. The maximum absolute atomic E-state index is 13.0. The van der Waals surface area contributed by atoms with Crippen LogP contribution in [0.2, 0.25) is 0 Å². The summed E-state index contributed by atoms with van der Waals surface area (Å²) in [5.41, 5.74) is 2.15. The lowest BCUT2D eigenvalue weighted by Gasteiger charge is -2.21. The molecule has 4 heteroatoms. The lowest BCUT2D eigenvalue weighted by Crippen LogP contribution is -2.21. The van der Waals surface area contributed by atoms with E-state index in [1.54, 1.807) is 18.4 Å². The Labute approximate surface area is 119 Å². The number of nitrogens with one attached hydrogen (secondary N) is 1. The van der Waals surface area contributed by atoms with Crippen LogP contribution in [-0.4, -0.2) is 13.1 Å². The van der Waals surface area contributed by atoms with Crippen LogP contribution in [0.25, 0.3) is 0 Å². The van der Waals surface area contributed by atoms with Gasteiger partial charge in [-0.2, -0.15) is 0 Å². The summed E-state index contributed by atoms with van der Waals surface area (Å²) in [7, 11) is 0. The van der Waals surface area contributed by atoms with Crippen LogP contribution < -0.4 is 10.2 Å². The molecule has 0 fully saturated rings. The molecular weight excluding hydrogens is 255 g/mol. The summed E-state index contributed by atoms with van der Waals surface area (Å²) in [5, 5.41) is 3.27. The number of furan rings is 1. The molecule has 0 radical (unpaired) electrons. The van der Waals surface area contributed by atoms with E-state index in [0.29, 0.717) is 6.54 Å². The number of halogens is 1. The number of hydrogen-bond donors (Lipinski definition) is 1. The summed E-state index contributed by atoms with van der Waals surface area (Å²) >= 11 is 0. The van der Waals surface area contributed by atoms with E-state index >= 15 is 0 Å². The van der Waals surface area contributed by atoms with Crippen molar-refractivity contribution in [1.29, 1.82) is 0 Å². The quantitative estimate of drug-likeness (QED) is 0.838. The average Bonchev–Trinajstić information content (AvgIpc) is 2.91. The Kier molecular flexibility index (Phi) is 5.18. The van der Waals surface area contributed by atoms with Gasteiger partial charge in [-0.25, -0.2) is 4.39 Å². The highest BCUT2D eigenvalue weighted by molar-refractivity contribution is 5.46. The SMILES string of the molecule is CCNCc1coc(CN(CC)c2ccc(F)cc2)c1. The van der Waals surface area contributed by atoms with Gasteiger partial charge < -0.3 is 14.6 Å². The summed E-state index contributed by atoms with van der Waals surface area (Å²) in [6, 6.07) is 8.62. The van der Waals surface area contributed by atoms with E-state index < -0.39 is 0 Å². The summed E-state index contributed by atoms with van der Waals surface area (Å²) in [6.45, 7) is 7.45. The predicted molar refractivity (Wildman–Crippen MR) is 79.2 cm³/mol. The van der Waals surface area contributed by atoms with Gasteiger partial charge in [-0.15, -0.1) is 0 Å². The Bertz CT molecular complexity index is 522. The van der Waals surface area contributed by atoms with Gasteiger partial charge in [0.05, 0.1) is 12.8 Å². The van der Waals surface area contributed by atoms with Crippen molar-refractivity contribution in [2.24, 2.45) is 0 Å². The van der Waals surface area contributed by atoms with Gasteiger partial charge in [-0.1, -0.05) is 6.92 Å². The molecule has 2 aromatic rings. The summed E-state index contributed by atoms with van der Waals surface area (Å²) < 4.78 is 18.5. The van der Waals surface area contributed by atoms with Gasteiger partial charge >= 0.3 is 0 Å². The summed E-state index contributed by atoms with van der Waals surface area (Å²) in [4.78, 5) is 2.15. The molecule has 1 N–H and O–H groups in total. The van der Waals surface area contributed by atoms with Crippen molar-refractivity contribution in [1.82, 2.24) is 5.32 Å². The molecule has 0 spiro atoms. The Morgan fingerprint density at radius 2 is 1.95 bits per heavy atom. The molecule has 0 bridgehead atoms. The second-order valence-electron chi connectivity index (χ2n) is 4.69. The van der Waals surface area contributed by atoms with Crippen molar-refractivity contribution in [2.75, 3.05) is 18.0 Å². The van der Waals surface area contributed by atoms with Crippen LogP contribution in [0.15, 0.2) is 41.0 Å². The predicted octanol–water partition coefficient (Wildman–Crippen LogP) is 3.55. The molecule has 20 heavy (non-hydrogen) atoms. The zero-order chi connectivity index (χ0) is 14.4. The fourth-order valence-electron chi connectivity index (χ4n) is 2.10. The van der Waals surface area contributed by atoms with Crippen molar-refractivity contribution >= 4 is 5.69 Å². The molecule has 0 aliphatic rings. The molecule has 1 heterocycles. The van der Waals surface area contributed by atoms with Crippen LogP contribution in [0.1, 0.15) is 25.2 Å². The highest BCUT2D eigenvalue weighted by atomic mass is 19.1. The second kappa shape index (κ2) is 7.10. The fraction of sp³-hybridized carbons (Fsp3) is 0.375. The van der Waals surface area contributed by atoms with Gasteiger partial charge in [0.15, 0.2) is 0 Å². The minimum Gasteiger partial charge on any atom is -0.467 e. The molecule has 3 nitrogen and oxygen atoms in total. The van der Waals surface area contributed by atoms with Crippen molar-refractivity contribution in [3.63, 3.8) is 0 Å². The van der Waals surface area contributed by atoms with E-state index in [1.165, 1.54) is 12.1 Å². The number of benzene rings is 1. The molecule has 0 atom stereocenters. The Hall–Kier alpha value is -1.81. The van der Waals surface area contributed by atoms with Crippen LogP contribution in [0.3, 0.4) is 0 Å². The first kappa shape index (κ1) is 14.6. The number of rotatable bonds is 7. The number of hydrogen-bond acceptors (Lipinski definition) is 3. The van der Waals surface area contributed by atoms with Crippen molar-refractivity contribution < 1.29 is 8.81 Å². The molecule has 1 aromatic carbocycles. The molecule has 2 rings (SSSR count). The molecular formula is C16H21FN2O. The lowest BCUT2D eigenvalue weighted by molar-refractivity contribution is 0.501. The fourth-order valence-corrected chi connectivity index (χ4v) is 2.10. The maximum Gasteiger partial charge on any atom is 0.123 e. The molecule has 1 aromatic heterocycles. The van der Waals surface area contributed by atoms with Crippen LogP contribution in [0, 0.1) is 5.82 Å². The van der Waals surface area contributed by atoms with Gasteiger partial charge in [0.2, 0.25) is 0 Å². The lowest BCUT2D eigenvalue weighted by atomic mass is 10.2. The van der Waals surface area contributed by atoms with Crippen LogP contribution in [0.5, 0.6) is 0 Å². The first-order valence-electron chi connectivity index (χ1n) is 7.00. The van der Waals surface area contributed by atoms with Gasteiger partial charge in [0.1, 0.15) is 11.6 Å².